The van der Waals surface area contributed by atoms with Crippen LogP contribution in [0.1, 0.15) is 11.4 Å². The molecule has 0 aliphatic carbocycles. The molecule has 2 aromatic heterocycles. The third kappa shape index (κ3) is 2.12. The molecule has 2 rings (SSSR count). The van der Waals surface area contributed by atoms with Gasteiger partial charge in [0.15, 0.2) is 0 Å². The van der Waals surface area contributed by atoms with Crippen LogP contribution in [0.25, 0.3) is 0 Å². The number of rotatable bonds is 2. The Labute approximate surface area is 77.3 Å². The Morgan fingerprint density at radius 2 is 2.00 bits per heavy atom. The summed E-state index contributed by atoms with van der Waals surface area (Å²) in [5.41, 5.74) is 2.04. The molecule has 0 saturated carbocycles. The molecule has 13 heavy (non-hydrogen) atoms. The third-order valence-corrected chi connectivity index (χ3v) is 1.76. The number of aromatic nitrogens is 2. The predicted octanol–water partition coefficient (Wildman–Crippen LogP) is 1.87. The first-order valence-electron chi connectivity index (χ1n) is 4.17. The molecule has 2 heteroatoms. The second-order valence-electron chi connectivity index (χ2n) is 2.76. The van der Waals surface area contributed by atoms with Gasteiger partial charge in [0.05, 0.1) is 6.20 Å². The highest BCUT2D eigenvalue weighted by atomic mass is 14.7. The normalized spacial score (nSPS) is 9.85. The van der Waals surface area contributed by atoms with Gasteiger partial charge in [-0.1, -0.05) is 12.1 Å². The highest BCUT2D eigenvalue weighted by Gasteiger charge is 1.95. The zero-order valence-corrected chi connectivity index (χ0v) is 7.14. The van der Waals surface area contributed by atoms with Gasteiger partial charge in [-0.05, 0) is 24.3 Å². The average molecular weight is 169 g/mol. The van der Waals surface area contributed by atoms with Crippen molar-refractivity contribution in [2.24, 2.45) is 0 Å². The van der Waals surface area contributed by atoms with E-state index in [2.05, 4.69) is 16.2 Å². The largest absolute Gasteiger partial charge is 0.261 e. The summed E-state index contributed by atoms with van der Waals surface area (Å²) >= 11 is 0. The van der Waals surface area contributed by atoms with Crippen molar-refractivity contribution in [1.82, 2.24) is 9.97 Å². The minimum Gasteiger partial charge on any atom is -0.261 e. The first-order valence-corrected chi connectivity index (χ1v) is 4.17. The lowest BCUT2D eigenvalue weighted by atomic mass is 10.2. The summed E-state index contributed by atoms with van der Waals surface area (Å²) in [6, 6.07) is 11.6. The summed E-state index contributed by atoms with van der Waals surface area (Å²) in [4.78, 5) is 8.33. The van der Waals surface area contributed by atoms with E-state index < -0.39 is 0 Å². The molecule has 63 valence electrons. The van der Waals surface area contributed by atoms with Crippen LogP contribution in [0, 0.1) is 6.20 Å². The van der Waals surface area contributed by atoms with Gasteiger partial charge in [0.2, 0.25) is 0 Å². The van der Waals surface area contributed by atoms with E-state index in [-0.39, 0.29) is 0 Å². The molecule has 2 aromatic rings. The van der Waals surface area contributed by atoms with Gasteiger partial charge in [0.1, 0.15) is 0 Å². The van der Waals surface area contributed by atoms with Crippen molar-refractivity contribution in [3.8, 4) is 0 Å². The fourth-order valence-electron chi connectivity index (χ4n) is 1.15. The molecule has 2 nitrogen and oxygen atoms in total. The van der Waals surface area contributed by atoms with Crippen LogP contribution in [0.4, 0.5) is 0 Å². The summed E-state index contributed by atoms with van der Waals surface area (Å²) in [6.07, 6.45) is 5.37. The molecular formula is C11H9N2. The lowest BCUT2D eigenvalue weighted by molar-refractivity contribution is 1.01. The first-order chi connectivity index (χ1) is 6.45. The average Bonchev–Trinajstić information content (AvgIpc) is 2.21. The molecule has 0 saturated heterocycles. The smallest absolute Gasteiger partial charge is 0.0889 e. The molecule has 0 unspecified atom stereocenters. The van der Waals surface area contributed by atoms with Crippen molar-refractivity contribution >= 4 is 0 Å². The number of hydrogen-bond donors (Lipinski definition) is 0. The van der Waals surface area contributed by atoms with Crippen LogP contribution in [0.5, 0.6) is 0 Å². The molecule has 0 fully saturated rings. The number of hydrogen-bond acceptors (Lipinski definition) is 2. The molecule has 0 bridgehead atoms. The molecule has 0 atom stereocenters. The molecular weight excluding hydrogens is 160 g/mol. The quantitative estimate of drug-likeness (QED) is 0.685. The van der Waals surface area contributed by atoms with Crippen LogP contribution in [-0.2, 0) is 6.42 Å². The Balaban J connectivity index is 2.16. The van der Waals surface area contributed by atoms with E-state index in [0.717, 1.165) is 17.8 Å². The first kappa shape index (κ1) is 7.92. The van der Waals surface area contributed by atoms with Crippen LogP contribution in [0.15, 0.2) is 42.6 Å². The fourth-order valence-corrected chi connectivity index (χ4v) is 1.15. The van der Waals surface area contributed by atoms with Crippen molar-refractivity contribution in [3.05, 3.63) is 60.2 Å². The molecule has 0 spiro atoms. The van der Waals surface area contributed by atoms with Crippen LogP contribution in [0.3, 0.4) is 0 Å². The van der Waals surface area contributed by atoms with Gasteiger partial charge >= 0.3 is 0 Å². The zero-order chi connectivity index (χ0) is 8.93. The van der Waals surface area contributed by atoms with Gasteiger partial charge in [-0.15, -0.1) is 0 Å². The minimum absolute atomic E-state index is 0.776. The van der Waals surface area contributed by atoms with E-state index in [1.807, 2.05) is 30.3 Å². The van der Waals surface area contributed by atoms with E-state index in [9.17, 15) is 0 Å². The third-order valence-electron chi connectivity index (χ3n) is 1.76. The van der Waals surface area contributed by atoms with E-state index in [1.54, 1.807) is 12.3 Å². The highest BCUT2D eigenvalue weighted by Crippen LogP contribution is 2.02. The van der Waals surface area contributed by atoms with Crippen molar-refractivity contribution in [3.63, 3.8) is 0 Å². The molecule has 0 N–H and O–H groups in total. The second-order valence-corrected chi connectivity index (χ2v) is 2.76. The Morgan fingerprint density at radius 3 is 2.69 bits per heavy atom. The van der Waals surface area contributed by atoms with Gasteiger partial charge in [-0.3, -0.25) is 9.97 Å². The topological polar surface area (TPSA) is 25.8 Å². The van der Waals surface area contributed by atoms with E-state index in [0.29, 0.717) is 0 Å². The van der Waals surface area contributed by atoms with E-state index >= 15 is 0 Å². The molecule has 0 aromatic carbocycles. The van der Waals surface area contributed by atoms with Crippen molar-refractivity contribution in [1.29, 1.82) is 0 Å². The summed E-state index contributed by atoms with van der Waals surface area (Å²) in [5.74, 6) is 0. The number of nitrogens with zero attached hydrogens (tertiary/aromatic N) is 2. The van der Waals surface area contributed by atoms with E-state index in [4.69, 9.17) is 0 Å². The SMILES string of the molecule is [c]1cccc(Cc2ccccn2)n1. The Kier molecular flexibility index (Phi) is 2.32. The lowest BCUT2D eigenvalue weighted by Gasteiger charge is -1.97. The maximum absolute atomic E-state index is 4.22. The maximum atomic E-state index is 4.22. The summed E-state index contributed by atoms with van der Waals surface area (Å²) < 4.78 is 0. The predicted molar refractivity (Wildman–Crippen MR) is 50.1 cm³/mol. The van der Waals surface area contributed by atoms with Crippen molar-refractivity contribution in [2.75, 3.05) is 0 Å². The van der Waals surface area contributed by atoms with Crippen LogP contribution >= 0.6 is 0 Å². The minimum atomic E-state index is 0.776. The second kappa shape index (κ2) is 3.81. The number of pyridine rings is 2. The highest BCUT2D eigenvalue weighted by molar-refractivity contribution is 5.14. The van der Waals surface area contributed by atoms with Gasteiger partial charge in [0.25, 0.3) is 0 Å². The van der Waals surface area contributed by atoms with Gasteiger partial charge in [-0.2, -0.15) is 0 Å². The van der Waals surface area contributed by atoms with Gasteiger partial charge < -0.3 is 0 Å². The maximum Gasteiger partial charge on any atom is 0.0889 e. The van der Waals surface area contributed by atoms with E-state index in [1.165, 1.54) is 0 Å². The lowest BCUT2D eigenvalue weighted by Crippen LogP contribution is -1.93. The Bertz CT molecular complexity index is 319. The fraction of sp³-hybridized carbons (Fsp3) is 0.0909. The zero-order valence-electron chi connectivity index (χ0n) is 7.14. The molecule has 0 aliphatic heterocycles. The van der Waals surface area contributed by atoms with Crippen molar-refractivity contribution < 1.29 is 0 Å². The molecule has 0 aliphatic rings. The molecule has 1 radical (unpaired) electrons. The standard InChI is InChI=1S/C11H9N2/c1-3-7-12-10(5-1)9-11-6-2-4-8-13-11/h1-7H,9H2. The molecule has 2 heterocycles. The Hall–Kier alpha value is -1.70. The van der Waals surface area contributed by atoms with Gasteiger partial charge in [0, 0.05) is 24.0 Å². The summed E-state index contributed by atoms with van der Waals surface area (Å²) in [6.45, 7) is 0. The summed E-state index contributed by atoms with van der Waals surface area (Å²) in [7, 11) is 0. The molecule has 0 amide bonds. The van der Waals surface area contributed by atoms with Gasteiger partial charge in [-0.25, -0.2) is 0 Å². The Morgan fingerprint density at radius 1 is 1.08 bits per heavy atom. The monoisotopic (exact) mass is 169 g/mol. The van der Waals surface area contributed by atoms with Crippen LogP contribution in [0.2, 0.25) is 0 Å². The van der Waals surface area contributed by atoms with Crippen LogP contribution in [-0.4, -0.2) is 9.97 Å². The van der Waals surface area contributed by atoms with Crippen molar-refractivity contribution in [2.45, 2.75) is 6.42 Å². The summed E-state index contributed by atoms with van der Waals surface area (Å²) in [5, 5.41) is 0. The van der Waals surface area contributed by atoms with Crippen LogP contribution < -0.4 is 0 Å².